The third-order valence-corrected chi connectivity index (χ3v) is 3.09. The molecule has 0 spiro atoms. The Morgan fingerprint density at radius 2 is 1.95 bits per heavy atom. The number of hydrogen-bond donors (Lipinski definition) is 1. The number of nitriles is 1. The molecule has 0 saturated carbocycles. The van der Waals surface area contributed by atoms with E-state index in [9.17, 15) is 4.79 Å². The summed E-state index contributed by atoms with van der Waals surface area (Å²) in [7, 11) is 1.54. The number of nitrogens with one attached hydrogen (secondary N) is 1. The maximum absolute atomic E-state index is 12.3. The minimum atomic E-state index is -0.219. The molecule has 4 nitrogen and oxygen atoms in total. The molecule has 0 aliphatic rings. The van der Waals surface area contributed by atoms with E-state index in [4.69, 9.17) is 10.00 Å². The van der Waals surface area contributed by atoms with Crippen LogP contribution in [-0.2, 0) is 6.42 Å². The smallest absolute Gasteiger partial charge is 0.259 e. The van der Waals surface area contributed by atoms with E-state index in [1.54, 1.807) is 24.3 Å². The van der Waals surface area contributed by atoms with Gasteiger partial charge in [-0.15, -0.1) is 0 Å². The van der Waals surface area contributed by atoms with Crippen LogP contribution in [0.2, 0.25) is 0 Å². The topological polar surface area (TPSA) is 62.1 Å². The molecule has 2 aromatic rings. The summed E-state index contributed by atoms with van der Waals surface area (Å²) in [6.07, 6.45) is 0.361. The van der Waals surface area contributed by atoms with Gasteiger partial charge < -0.3 is 10.1 Å². The first-order valence-corrected chi connectivity index (χ1v) is 6.56. The molecule has 21 heavy (non-hydrogen) atoms. The molecule has 4 heteroatoms. The van der Waals surface area contributed by atoms with Crippen molar-refractivity contribution >= 4 is 11.6 Å². The van der Waals surface area contributed by atoms with E-state index < -0.39 is 0 Å². The van der Waals surface area contributed by atoms with Crippen molar-refractivity contribution in [2.24, 2.45) is 0 Å². The quantitative estimate of drug-likeness (QED) is 0.934. The molecule has 0 aliphatic carbocycles. The van der Waals surface area contributed by atoms with Gasteiger partial charge in [0.1, 0.15) is 5.75 Å². The zero-order chi connectivity index (χ0) is 15.2. The van der Waals surface area contributed by atoms with E-state index >= 15 is 0 Å². The van der Waals surface area contributed by atoms with E-state index in [-0.39, 0.29) is 5.91 Å². The lowest BCUT2D eigenvalue weighted by Crippen LogP contribution is -2.13. The number of carbonyl (C=O) groups is 1. The minimum Gasteiger partial charge on any atom is -0.496 e. The van der Waals surface area contributed by atoms with Crippen LogP contribution in [0.3, 0.4) is 0 Å². The second-order valence-corrected chi connectivity index (χ2v) is 4.69. The molecule has 0 aliphatic heterocycles. The second kappa shape index (κ2) is 6.58. The number of ether oxygens (including phenoxy) is 1. The van der Waals surface area contributed by atoms with Gasteiger partial charge in [0.15, 0.2) is 0 Å². The van der Waals surface area contributed by atoms with Gasteiger partial charge >= 0.3 is 0 Å². The van der Waals surface area contributed by atoms with Gasteiger partial charge in [0.2, 0.25) is 0 Å². The molecular formula is C17H16N2O2. The second-order valence-electron chi connectivity index (χ2n) is 4.69. The minimum absolute atomic E-state index is 0.219. The van der Waals surface area contributed by atoms with Gasteiger partial charge in [0, 0.05) is 5.69 Å². The summed E-state index contributed by atoms with van der Waals surface area (Å²) >= 11 is 0. The first kappa shape index (κ1) is 14.6. The molecule has 2 aromatic carbocycles. The molecule has 0 aromatic heterocycles. The van der Waals surface area contributed by atoms with Crippen molar-refractivity contribution in [3.05, 3.63) is 59.2 Å². The lowest BCUT2D eigenvalue weighted by molar-refractivity contribution is 0.102. The van der Waals surface area contributed by atoms with Crippen molar-refractivity contribution in [2.75, 3.05) is 12.4 Å². The van der Waals surface area contributed by atoms with Crippen molar-refractivity contribution in [2.45, 2.75) is 13.3 Å². The zero-order valence-corrected chi connectivity index (χ0v) is 12.0. The average Bonchev–Trinajstić information content (AvgIpc) is 2.49. The maximum atomic E-state index is 12.3. The summed E-state index contributed by atoms with van der Waals surface area (Å²) in [5.41, 5.74) is 3.10. The summed E-state index contributed by atoms with van der Waals surface area (Å²) < 4.78 is 5.21. The third-order valence-electron chi connectivity index (χ3n) is 3.09. The lowest BCUT2D eigenvalue weighted by atomic mass is 10.1. The van der Waals surface area contributed by atoms with Gasteiger partial charge in [-0.1, -0.05) is 23.8 Å². The van der Waals surface area contributed by atoms with Crippen LogP contribution >= 0.6 is 0 Å². The number of benzene rings is 2. The number of carbonyl (C=O) groups excluding carboxylic acids is 1. The summed E-state index contributed by atoms with van der Waals surface area (Å²) in [5, 5.41) is 11.5. The Bertz CT molecular complexity index is 685. The SMILES string of the molecule is COc1ccc(C)cc1C(=O)Nc1ccc(CC#N)cc1. The van der Waals surface area contributed by atoms with E-state index in [0.717, 1.165) is 11.1 Å². The molecular weight excluding hydrogens is 264 g/mol. The normalized spacial score (nSPS) is 9.76. The first-order chi connectivity index (χ1) is 10.1. The van der Waals surface area contributed by atoms with E-state index in [1.807, 2.05) is 25.1 Å². The Balaban J connectivity index is 2.18. The molecule has 0 heterocycles. The fourth-order valence-corrected chi connectivity index (χ4v) is 1.99. The molecule has 0 fully saturated rings. The Hall–Kier alpha value is -2.80. The molecule has 0 radical (unpaired) electrons. The Labute approximate surface area is 124 Å². The van der Waals surface area contributed by atoms with Crippen LogP contribution in [0, 0.1) is 18.3 Å². The third kappa shape index (κ3) is 3.61. The Kier molecular flexibility index (Phi) is 4.57. The molecule has 2 rings (SSSR count). The molecule has 0 atom stereocenters. The number of methoxy groups -OCH3 is 1. The number of anilines is 1. The van der Waals surface area contributed by atoms with Gasteiger partial charge in [0.05, 0.1) is 25.2 Å². The average molecular weight is 280 g/mol. The van der Waals surface area contributed by atoms with Crippen molar-refractivity contribution < 1.29 is 9.53 Å². The number of aryl methyl sites for hydroxylation is 1. The molecule has 106 valence electrons. The monoisotopic (exact) mass is 280 g/mol. The number of nitrogens with zero attached hydrogens (tertiary/aromatic N) is 1. The van der Waals surface area contributed by atoms with E-state index in [0.29, 0.717) is 23.4 Å². The van der Waals surface area contributed by atoms with Crippen molar-refractivity contribution in [1.82, 2.24) is 0 Å². The Morgan fingerprint density at radius 1 is 1.24 bits per heavy atom. The summed E-state index contributed by atoms with van der Waals surface area (Å²) in [5.74, 6) is 0.322. The first-order valence-electron chi connectivity index (χ1n) is 6.56. The summed E-state index contributed by atoms with van der Waals surface area (Å²) in [6.45, 7) is 1.92. The van der Waals surface area contributed by atoms with Gasteiger partial charge in [0.25, 0.3) is 5.91 Å². The lowest BCUT2D eigenvalue weighted by Gasteiger charge is -2.10. The molecule has 0 unspecified atom stereocenters. The highest BCUT2D eigenvalue weighted by Crippen LogP contribution is 2.21. The van der Waals surface area contributed by atoms with Gasteiger partial charge in [-0.05, 0) is 36.8 Å². The largest absolute Gasteiger partial charge is 0.496 e. The van der Waals surface area contributed by atoms with Gasteiger partial charge in [-0.25, -0.2) is 0 Å². The van der Waals surface area contributed by atoms with Crippen LogP contribution in [0.15, 0.2) is 42.5 Å². The van der Waals surface area contributed by atoms with Crippen LogP contribution in [0.4, 0.5) is 5.69 Å². The van der Waals surface area contributed by atoms with Crippen molar-refractivity contribution in [3.8, 4) is 11.8 Å². The van der Waals surface area contributed by atoms with E-state index in [2.05, 4.69) is 11.4 Å². The van der Waals surface area contributed by atoms with Gasteiger partial charge in [-0.2, -0.15) is 5.26 Å². The van der Waals surface area contributed by atoms with E-state index in [1.165, 1.54) is 7.11 Å². The van der Waals surface area contributed by atoms with Crippen molar-refractivity contribution in [1.29, 1.82) is 5.26 Å². The molecule has 0 bridgehead atoms. The predicted molar refractivity (Wildman–Crippen MR) is 81.4 cm³/mol. The highest BCUT2D eigenvalue weighted by atomic mass is 16.5. The fourth-order valence-electron chi connectivity index (χ4n) is 1.99. The van der Waals surface area contributed by atoms with Crippen LogP contribution in [0.25, 0.3) is 0 Å². The zero-order valence-electron chi connectivity index (χ0n) is 12.0. The number of amides is 1. The number of hydrogen-bond acceptors (Lipinski definition) is 3. The van der Waals surface area contributed by atoms with Crippen LogP contribution in [0.5, 0.6) is 5.75 Å². The molecule has 1 N–H and O–H groups in total. The standard InChI is InChI=1S/C17H16N2O2/c1-12-3-8-16(21-2)15(11-12)17(20)19-14-6-4-13(5-7-14)9-10-18/h3-8,11H,9H2,1-2H3,(H,19,20). The van der Waals surface area contributed by atoms with Crippen LogP contribution in [0.1, 0.15) is 21.5 Å². The van der Waals surface area contributed by atoms with Gasteiger partial charge in [-0.3, -0.25) is 4.79 Å². The number of rotatable bonds is 4. The maximum Gasteiger partial charge on any atom is 0.259 e. The molecule has 1 amide bonds. The van der Waals surface area contributed by atoms with Crippen LogP contribution in [-0.4, -0.2) is 13.0 Å². The summed E-state index contributed by atoms with van der Waals surface area (Å²) in [6, 6.07) is 14.8. The van der Waals surface area contributed by atoms with Crippen LogP contribution < -0.4 is 10.1 Å². The summed E-state index contributed by atoms with van der Waals surface area (Å²) in [4.78, 5) is 12.3. The highest BCUT2D eigenvalue weighted by Gasteiger charge is 2.12. The Morgan fingerprint density at radius 3 is 2.57 bits per heavy atom. The van der Waals surface area contributed by atoms with Crippen molar-refractivity contribution in [3.63, 3.8) is 0 Å². The molecule has 0 saturated heterocycles. The highest BCUT2D eigenvalue weighted by molar-refractivity contribution is 6.06. The predicted octanol–water partition coefficient (Wildman–Crippen LogP) is 3.32. The fraction of sp³-hybridized carbons (Fsp3) is 0.176.